The third-order valence-electron chi connectivity index (χ3n) is 4.55. The van der Waals surface area contributed by atoms with E-state index in [0.29, 0.717) is 32.1 Å². The lowest BCUT2D eigenvalue weighted by Crippen LogP contribution is -2.57. The predicted octanol–water partition coefficient (Wildman–Crippen LogP) is -0.201. The van der Waals surface area contributed by atoms with Crippen LogP contribution in [0.1, 0.15) is 19.8 Å². The van der Waals surface area contributed by atoms with E-state index in [1.807, 2.05) is 7.05 Å². The molecule has 2 rings (SSSR count). The molecule has 6 nitrogen and oxygen atoms in total. The molecular formula is C13H28N4O2S. The molecule has 0 amide bonds. The molecule has 2 aliphatic heterocycles. The first-order valence-corrected chi connectivity index (χ1v) is 8.95. The van der Waals surface area contributed by atoms with Gasteiger partial charge in [0.25, 0.3) is 10.2 Å². The van der Waals surface area contributed by atoms with Crippen LogP contribution in [-0.2, 0) is 10.2 Å². The Labute approximate surface area is 123 Å². The Morgan fingerprint density at radius 3 is 2.50 bits per heavy atom. The van der Waals surface area contributed by atoms with Crippen LogP contribution in [0.15, 0.2) is 0 Å². The molecule has 118 valence electrons. The monoisotopic (exact) mass is 304 g/mol. The van der Waals surface area contributed by atoms with E-state index >= 15 is 0 Å². The van der Waals surface area contributed by atoms with Crippen LogP contribution in [0.5, 0.6) is 0 Å². The number of nitrogens with zero attached hydrogens (tertiary/aromatic N) is 3. The number of piperidine rings is 1. The molecule has 0 bridgehead atoms. The first kappa shape index (κ1) is 16.2. The largest absolute Gasteiger partial charge is 0.319 e. The van der Waals surface area contributed by atoms with Crippen LogP contribution < -0.4 is 5.32 Å². The Balaban J connectivity index is 2.02. The van der Waals surface area contributed by atoms with E-state index in [1.165, 1.54) is 0 Å². The molecule has 2 fully saturated rings. The van der Waals surface area contributed by atoms with Crippen LogP contribution >= 0.6 is 0 Å². The Morgan fingerprint density at radius 2 is 1.85 bits per heavy atom. The molecule has 0 aromatic carbocycles. The minimum atomic E-state index is -3.28. The molecule has 0 radical (unpaired) electrons. The van der Waals surface area contributed by atoms with Gasteiger partial charge in [0.05, 0.1) is 0 Å². The summed E-state index contributed by atoms with van der Waals surface area (Å²) in [5.41, 5.74) is 0. The second kappa shape index (κ2) is 6.70. The molecule has 20 heavy (non-hydrogen) atoms. The van der Waals surface area contributed by atoms with Crippen LogP contribution in [0.25, 0.3) is 0 Å². The van der Waals surface area contributed by atoms with Gasteiger partial charge >= 0.3 is 0 Å². The summed E-state index contributed by atoms with van der Waals surface area (Å²) in [6.07, 6.45) is 2.08. The summed E-state index contributed by atoms with van der Waals surface area (Å²) in [7, 11) is 0.700. The molecule has 2 aliphatic rings. The van der Waals surface area contributed by atoms with Crippen molar-refractivity contribution < 1.29 is 8.42 Å². The number of hydrogen-bond donors (Lipinski definition) is 1. The van der Waals surface area contributed by atoms with E-state index in [-0.39, 0.29) is 6.04 Å². The highest BCUT2D eigenvalue weighted by Crippen LogP contribution is 2.22. The summed E-state index contributed by atoms with van der Waals surface area (Å²) in [6, 6.07) is 0.288. The van der Waals surface area contributed by atoms with Crippen LogP contribution in [-0.4, -0.2) is 81.3 Å². The fraction of sp³-hybridized carbons (Fsp3) is 1.00. The van der Waals surface area contributed by atoms with Gasteiger partial charge in [-0.1, -0.05) is 0 Å². The lowest BCUT2D eigenvalue weighted by Gasteiger charge is -2.41. The molecule has 0 aromatic heterocycles. The summed E-state index contributed by atoms with van der Waals surface area (Å²) in [5, 5.41) is 3.16. The van der Waals surface area contributed by atoms with Crippen molar-refractivity contribution in [2.24, 2.45) is 5.92 Å². The van der Waals surface area contributed by atoms with Crippen LogP contribution in [0, 0.1) is 5.92 Å². The van der Waals surface area contributed by atoms with Gasteiger partial charge in [0.1, 0.15) is 0 Å². The lowest BCUT2D eigenvalue weighted by atomic mass is 10.00. The van der Waals surface area contributed by atoms with E-state index in [0.717, 1.165) is 25.9 Å². The first-order chi connectivity index (χ1) is 9.45. The Kier molecular flexibility index (Phi) is 5.42. The fourth-order valence-electron chi connectivity index (χ4n) is 3.08. The van der Waals surface area contributed by atoms with Crippen LogP contribution in [0.2, 0.25) is 0 Å². The normalized spacial score (nSPS) is 31.6. The van der Waals surface area contributed by atoms with Crippen LogP contribution in [0.3, 0.4) is 0 Å². The van der Waals surface area contributed by atoms with Crippen molar-refractivity contribution in [1.82, 2.24) is 18.8 Å². The molecule has 1 N–H and O–H groups in total. The highest BCUT2D eigenvalue weighted by atomic mass is 32.2. The maximum Gasteiger partial charge on any atom is 0.282 e. The maximum absolute atomic E-state index is 12.8. The zero-order valence-electron chi connectivity index (χ0n) is 12.9. The van der Waals surface area contributed by atoms with Crippen molar-refractivity contribution in [1.29, 1.82) is 0 Å². The minimum absolute atomic E-state index is 0.288. The van der Waals surface area contributed by atoms with Crippen molar-refractivity contribution in [2.45, 2.75) is 25.8 Å². The third-order valence-corrected chi connectivity index (χ3v) is 6.52. The van der Waals surface area contributed by atoms with Crippen molar-refractivity contribution in [3.63, 3.8) is 0 Å². The average molecular weight is 304 g/mol. The van der Waals surface area contributed by atoms with Gasteiger partial charge in [-0.2, -0.15) is 17.0 Å². The van der Waals surface area contributed by atoms with Crippen molar-refractivity contribution >= 4 is 10.2 Å². The second-order valence-electron chi connectivity index (χ2n) is 6.12. The number of rotatable bonds is 4. The first-order valence-electron chi connectivity index (χ1n) is 7.55. The molecule has 2 saturated heterocycles. The molecule has 2 unspecified atom stereocenters. The standard InChI is InChI=1S/C13H28N4O2S/c1-12-10-17(8-7-15(12)3)20(18,19)16-6-4-5-13(11-16)9-14-2/h12-14H,4-11H2,1-3H3. The summed E-state index contributed by atoms with van der Waals surface area (Å²) in [5.74, 6) is 0.438. The van der Waals surface area contributed by atoms with Gasteiger partial charge in [-0.3, -0.25) is 0 Å². The van der Waals surface area contributed by atoms with Gasteiger partial charge in [-0.05, 0) is 46.3 Å². The Hall–Kier alpha value is -0.210. The Bertz CT molecular complexity index is 413. The summed E-state index contributed by atoms with van der Waals surface area (Å²) < 4.78 is 28.9. The number of nitrogens with one attached hydrogen (secondary N) is 1. The minimum Gasteiger partial charge on any atom is -0.319 e. The molecule has 0 aromatic rings. The SMILES string of the molecule is CNCC1CCCN(S(=O)(=O)N2CCN(C)C(C)C2)C1. The average Bonchev–Trinajstić information content (AvgIpc) is 2.42. The highest BCUT2D eigenvalue weighted by Gasteiger charge is 2.36. The maximum atomic E-state index is 12.8. The summed E-state index contributed by atoms with van der Waals surface area (Å²) in [6.45, 7) is 6.33. The van der Waals surface area contributed by atoms with Gasteiger partial charge < -0.3 is 10.2 Å². The van der Waals surface area contributed by atoms with Crippen LogP contribution in [0.4, 0.5) is 0 Å². The number of piperazine rings is 1. The topological polar surface area (TPSA) is 55.9 Å². The quantitative estimate of drug-likeness (QED) is 0.781. The fourth-order valence-corrected chi connectivity index (χ4v) is 4.88. The number of likely N-dealkylation sites (N-methyl/N-ethyl adjacent to an activating group) is 1. The smallest absolute Gasteiger partial charge is 0.282 e. The molecule has 7 heteroatoms. The second-order valence-corrected chi connectivity index (χ2v) is 8.05. The van der Waals surface area contributed by atoms with Crippen molar-refractivity contribution in [2.75, 3.05) is 53.4 Å². The van der Waals surface area contributed by atoms with Gasteiger partial charge in [0.2, 0.25) is 0 Å². The predicted molar refractivity (Wildman–Crippen MR) is 80.8 cm³/mol. The third kappa shape index (κ3) is 3.51. The summed E-state index contributed by atoms with van der Waals surface area (Å²) in [4.78, 5) is 2.21. The van der Waals surface area contributed by atoms with E-state index < -0.39 is 10.2 Å². The van der Waals surface area contributed by atoms with Crippen molar-refractivity contribution in [3.8, 4) is 0 Å². The molecule has 0 spiro atoms. The highest BCUT2D eigenvalue weighted by molar-refractivity contribution is 7.86. The zero-order chi connectivity index (χ0) is 14.8. The zero-order valence-corrected chi connectivity index (χ0v) is 13.7. The lowest BCUT2D eigenvalue weighted by molar-refractivity contribution is 0.148. The van der Waals surface area contributed by atoms with Gasteiger partial charge in [-0.15, -0.1) is 0 Å². The van der Waals surface area contributed by atoms with E-state index in [9.17, 15) is 8.42 Å². The number of hydrogen-bond acceptors (Lipinski definition) is 4. The molecular weight excluding hydrogens is 276 g/mol. The van der Waals surface area contributed by atoms with Crippen molar-refractivity contribution in [3.05, 3.63) is 0 Å². The summed E-state index contributed by atoms with van der Waals surface area (Å²) >= 11 is 0. The van der Waals surface area contributed by atoms with E-state index in [1.54, 1.807) is 8.61 Å². The molecule has 2 atom stereocenters. The molecule has 0 aliphatic carbocycles. The van der Waals surface area contributed by atoms with Gasteiger partial charge in [0.15, 0.2) is 0 Å². The van der Waals surface area contributed by atoms with Gasteiger partial charge in [-0.25, -0.2) is 0 Å². The van der Waals surface area contributed by atoms with E-state index in [4.69, 9.17) is 0 Å². The van der Waals surface area contributed by atoms with Gasteiger partial charge in [0, 0.05) is 38.8 Å². The Morgan fingerprint density at radius 1 is 1.15 bits per heavy atom. The molecule has 0 saturated carbocycles. The molecule has 2 heterocycles. The van der Waals surface area contributed by atoms with E-state index in [2.05, 4.69) is 24.2 Å².